The van der Waals surface area contributed by atoms with Gasteiger partial charge in [-0.05, 0) is 26.0 Å². The molecule has 0 saturated carbocycles. The summed E-state index contributed by atoms with van der Waals surface area (Å²) in [7, 11) is 0. The Morgan fingerprint density at radius 2 is 1.82 bits per heavy atom. The van der Waals surface area contributed by atoms with E-state index in [9.17, 15) is 18.4 Å². The molecule has 1 aliphatic heterocycles. The van der Waals surface area contributed by atoms with Gasteiger partial charge in [-0.3, -0.25) is 9.59 Å². The Hall–Kier alpha value is -2.02. The van der Waals surface area contributed by atoms with Crippen LogP contribution in [0.3, 0.4) is 0 Å². The number of anilines is 1. The topological polar surface area (TPSA) is 58.6 Å². The van der Waals surface area contributed by atoms with E-state index in [1.54, 1.807) is 4.90 Å². The number of carbonyl (C=O) groups is 2. The first-order chi connectivity index (χ1) is 10.3. The van der Waals surface area contributed by atoms with Crippen LogP contribution in [0.5, 0.6) is 0 Å². The Kier molecular flexibility index (Phi) is 4.75. The number of amides is 2. The lowest BCUT2D eigenvalue weighted by atomic mass is 9.90. The van der Waals surface area contributed by atoms with Gasteiger partial charge in [0.2, 0.25) is 11.8 Å². The molecule has 5 nitrogen and oxygen atoms in total. The van der Waals surface area contributed by atoms with Gasteiger partial charge in [-0.25, -0.2) is 8.78 Å². The number of hydrogen-bond donors (Lipinski definition) is 1. The van der Waals surface area contributed by atoms with Crippen LogP contribution in [-0.4, -0.2) is 43.0 Å². The van der Waals surface area contributed by atoms with Crippen LogP contribution < -0.4 is 5.32 Å². The molecule has 0 spiro atoms. The van der Waals surface area contributed by atoms with E-state index in [-0.39, 0.29) is 11.6 Å². The number of benzene rings is 1. The molecule has 0 aromatic heterocycles. The molecule has 1 saturated heterocycles. The van der Waals surface area contributed by atoms with E-state index in [4.69, 9.17) is 4.74 Å². The van der Waals surface area contributed by atoms with Crippen molar-refractivity contribution in [2.24, 2.45) is 5.41 Å². The Balaban J connectivity index is 2.08. The zero-order chi connectivity index (χ0) is 16.3. The van der Waals surface area contributed by atoms with Crippen molar-refractivity contribution in [2.45, 2.75) is 13.8 Å². The lowest BCUT2D eigenvalue weighted by Crippen LogP contribution is -2.51. The normalized spacial score (nSPS) is 15.5. The monoisotopic (exact) mass is 312 g/mol. The zero-order valence-corrected chi connectivity index (χ0v) is 12.5. The molecule has 0 unspecified atom stereocenters. The Labute approximate surface area is 127 Å². The van der Waals surface area contributed by atoms with Crippen molar-refractivity contribution in [3.8, 4) is 0 Å². The molecule has 7 heteroatoms. The number of carbonyl (C=O) groups excluding carboxylic acids is 2. The van der Waals surface area contributed by atoms with Crippen molar-refractivity contribution in [3.05, 3.63) is 29.8 Å². The molecule has 22 heavy (non-hydrogen) atoms. The van der Waals surface area contributed by atoms with Crippen molar-refractivity contribution in [1.29, 1.82) is 0 Å². The summed E-state index contributed by atoms with van der Waals surface area (Å²) in [6.07, 6.45) is 0. The first-order valence-electron chi connectivity index (χ1n) is 6.96. The Bertz CT molecular complexity index is 584. The maximum absolute atomic E-state index is 13.2. The second-order valence-corrected chi connectivity index (χ2v) is 5.61. The quantitative estimate of drug-likeness (QED) is 0.866. The van der Waals surface area contributed by atoms with Crippen LogP contribution in [0, 0.1) is 17.0 Å². The summed E-state index contributed by atoms with van der Waals surface area (Å²) in [5.74, 6) is -2.96. The molecule has 1 heterocycles. The molecule has 1 N–H and O–H groups in total. The van der Waals surface area contributed by atoms with E-state index in [1.807, 2.05) is 0 Å². The van der Waals surface area contributed by atoms with Crippen molar-refractivity contribution >= 4 is 17.5 Å². The predicted molar refractivity (Wildman–Crippen MR) is 76.2 cm³/mol. The average Bonchev–Trinajstić information content (AvgIpc) is 2.51. The second-order valence-electron chi connectivity index (χ2n) is 5.61. The lowest BCUT2D eigenvalue weighted by molar-refractivity contribution is -0.149. The van der Waals surface area contributed by atoms with Crippen LogP contribution in [-0.2, 0) is 14.3 Å². The van der Waals surface area contributed by atoms with E-state index >= 15 is 0 Å². The summed E-state index contributed by atoms with van der Waals surface area (Å²) in [6, 6.07) is 3.04. The van der Waals surface area contributed by atoms with E-state index < -0.39 is 23.0 Å². The molecule has 1 aromatic carbocycles. The van der Waals surface area contributed by atoms with Gasteiger partial charge in [0.15, 0.2) is 11.6 Å². The third-order valence-electron chi connectivity index (χ3n) is 3.58. The average molecular weight is 312 g/mol. The Morgan fingerprint density at radius 3 is 2.41 bits per heavy atom. The van der Waals surface area contributed by atoms with Crippen molar-refractivity contribution in [2.75, 3.05) is 31.6 Å². The standard InChI is InChI=1S/C15H18F2N2O3/c1-15(2,14(21)19-5-7-22-8-6-19)13(20)18-10-3-4-11(16)12(17)9-10/h3-4,9H,5-8H2,1-2H3,(H,18,20). The van der Waals surface area contributed by atoms with Crippen LogP contribution >= 0.6 is 0 Å². The molecule has 0 bridgehead atoms. The summed E-state index contributed by atoms with van der Waals surface area (Å²) >= 11 is 0. The molecule has 120 valence electrons. The van der Waals surface area contributed by atoms with Crippen LogP contribution in [0.1, 0.15) is 13.8 Å². The molecule has 2 rings (SSSR count). The highest BCUT2D eigenvalue weighted by Crippen LogP contribution is 2.23. The molecule has 1 fully saturated rings. The summed E-state index contributed by atoms with van der Waals surface area (Å²) in [5.41, 5.74) is -1.21. The maximum Gasteiger partial charge on any atom is 0.239 e. The van der Waals surface area contributed by atoms with Gasteiger partial charge in [0, 0.05) is 24.8 Å². The Morgan fingerprint density at radius 1 is 1.18 bits per heavy atom. The fourth-order valence-electron chi connectivity index (χ4n) is 2.12. The fraction of sp³-hybridized carbons (Fsp3) is 0.467. The van der Waals surface area contributed by atoms with Gasteiger partial charge in [-0.15, -0.1) is 0 Å². The van der Waals surface area contributed by atoms with E-state index in [2.05, 4.69) is 5.32 Å². The van der Waals surface area contributed by atoms with E-state index in [0.717, 1.165) is 12.1 Å². The summed E-state index contributed by atoms with van der Waals surface area (Å²) in [5, 5.41) is 2.45. The number of hydrogen-bond acceptors (Lipinski definition) is 3. The third kappa shape index (κ3) is 3.41. The number of morpholine rings is 1. The van der Waals surface area contributed by atoms with Crippen LogP contribution in [0.15, 0.2) is 18.2 Å². The van der Waals surface area contributed by atoms with Gasteiger partial charge in [0.25, 0.3) is 0 Å². The smallest absolute Gasteiger partial charge is 0.239 e. The van der Waals surface area contributed by atoms with E-state index in [0.29, 0.717) is 26.3 Å². The van der Waals surface area contributed by atoms with Crippen molar-refractivity contribution in [1.82, 2.24) is 4.90 Å². The predicted octanol–water partition coefficient (Wildman–Crippen LogP) is 1.79. The highest BCUT2D eigenvalue weighted by Gasteiger charge is 2.39. The summed E-state index contributed by atoms with van der Waals surface area (Å²) in [6.45, 7) is 4.74. The molecule has 0 atom stereocenters. The van der Waals surface area contributed by atoms with Crippen molar-refractivity contribution < 1.29 is 23.1 Å². The van der Waals surface area contributed by atoms with Gasteiger partial charge in [-0.2, -0.15) is 0 Å². The summed E-state index contributed by atoms with van der Waals surface area (Å²) in [4.78, 5) is 26.3. The van der Waals surface area contributed by atoms with Crippen LogP contribution in [0.25, 0.3) is 0 Å². The molecule has 1 aliphatic rings. The van der Waals surface area contributed by atoms with Crippen LogP contribution in [0.2, 0.25) is 0 Å². The maximum atomic E-state index is 13.2. The molecular formula is C15H18F2N2O3. The minimum Gasteiger partial charge on any atom is -0.378 e. The van der Waals surface area contributed by atoms with Crippen molar-refractivity contribution in [3.63, 3.8) is 0 Å². The van der Waals surface area contributed by atoms with Gasteiger partial charge >= 0.3 is 0 Å². The number of halogens is 2. The van der Waals surface area contributed by atoms with E-state index in [1.165, 1.54) is 19.9 Å². The van der Waals surface area contributed by atoms with Gasteiger partial charge in [0.1, 0.15) is 5.41 Å². The van der Waals surface area contributed by atoms with Crippen LogP contribution in [0.4, 0.5) is 14.5 Å². The first kappa shape index (κ1) is 16.4. The molecular weight excluding hydrogens is 294 g/mol. The van der Waals surface area contributed by atoms with Gasteiger partial charge < -0.3 is 15.0 Å². The minimum atomic E-state index is -1.32. The number of rotatable bonds is 3. The lowest BCUT2D eigenvalue weighted by Gasteiger charge is -2.33. The highest BCUT2D eigenvalue weighted by atomic mass is 19.2. The minimum absolute atomic E-state index is 0.103. The molecule has 0 aliphatic carbocycles. The van der Waals surface area contributed by atoms with Gasteiger partial charge in [-0.1, -0.05) is 0 Å². The molecule has 2 amide bonds. The highest BCUT2D eigenvalue weighted by molar-refractivity contribution is 6.09. The second kappa shape index (κ2) is 6.39. The summed E-state index contributed by atoms with van der Waals surface area (Å²) < 4.78 is 31.2. The fourth-order valence-corrected chi connectivity index (χ4v) is 2.12. The zero-order valence-electron chi connectivity index (χ0n) is 12.5. The first-order valence-corrected chi connectivity index (χ1v) is 6.96. The number of ether oxygens (including phenoxy) is 1. The molecule has 0 radical (unpaired) electrons. The number of nitrogens with one attached hydrogen (secondary N) is 1. The number of nitrogens with zero attached hydrogens (tertiary/aromatic N) is 1. The third-order valence-corrected chi connectivity index (χ3v) is 3.58. The molecule has 1 aromatic rings. The largest absolute Gasteiger partial charge is 0.378 e. The van der Waals surface area contributed by atoms with Gasteiger partial charge in [0.05, 0.1) is 13.2 Å². The SMILES string of the molecule is CC(C)(C(=O)Nc1ccc(F)c(F)c1)C(=O)N1CCOCC1.